The van der Waals surface area contributed by atoms with E-state index in [9.17, 15) is 14.4 Å². The largest absolute Gasteiger partial charge is 0.462 e. The summed E-state index contributed by atoms with van der Waals surface area (Å²) in [4.78, 5) is 33.9. The number of nitrogens with zero attached hydrogens (tertiary/aromatic N) is 1. The van der Waals surface area contributed by atoms with Crippen molar-refractivity contribution in [3.05, 3.63) is 11.3 Å². The molecule has 0 aliphatic rings. The molecule has 1 heterocycles. The minimum atomic E-state index is -0.568. The van der Waals surface area contributed by atoms with Crippen molar-refractivity contribution < 1.29 is 19.1 Å². The summed E-state index contributed by atoms with van der Waals surface area (Å²) in [6.45, 7) is 4.85. The number of ketones is 1. The van der Waals surface area contributed by atoms with E-state index in [-0.39, 0.29) is 30.2 Å². The first-order valence-electron chi connectivity index (χ1n) is 5.47. The van der Waals surface area contributed by atoms with Gasteiger partial charge in [0.1, 0.15) is 11.3 Å². The highest BCUT2D eigenvalue weighted by molar-refractivity contribution is 6.06. The van der Waals surface area contributed by atoms with E-state index in [0.29, 0.717) is 5.69 Å². The number of anilines is 1. The minimum Gasteiger partial charge on any atom is -0.462 e. The maximum atomic E-state index is 11.7. The van der Waals surface area contributed by atoms with Gasteiger partial charge in [-0.1, -0.05) is 0 Å². The van der Waals surface area contributed by atoms with E-state index in [2.05, 4.69) is 15.5 Å². The van der Waals surface area contributed by atoms with Crippen LogP contribution in [0.3, 0.4) is 0 Å². The molecule has 0 saturated carbocycles. The topological polar surface area (TPSA) is 101 Å². The van der Waals surface area contributed by atoms with Gasteiger partial charge in [0, 0.05) is 5.69 Å². The lowest BCUT2D eigenvalue weighted by molar-refractivity contribution is -0.124. The Kier molecular flexibility index (Phi) is 4.59. The van der Waals surface area contributed by atoms with E-state index in [4.69, 9.17) is 4.74 Å². The van der Waals surface area contributed by atoms with Gasteiger partial charge in [-0.3, -0.25) is 14.7 Å². The number of H-pyrrole nitrogens is 1. The zero-order chi connectivity index (χ0) is 13.7. The summed E-state index contributed by atoms with van der Waals surface area (Å²) < 4.78 is 4.85. The predicted octanol–water partition coefficient (Wildman–Crippen LogP) is 0.812. The maximum Gasteiger partial charge on any atom is 0.343 e. The van der Waals surface area contributed by atoms with E-state index in [1.54, 1.807) is 13.8 Å². The Balaban J connectivity index is 2.87. The monoisotopic (exact) mass is 253 g/mol. The van der Waals surface area contributed by atoms with Crippen LogP contribution in [-0.2, 0) is 14.3 Å². The number of ether oxygens (including phenoxy) is 1. The highest BCUT2D eigenvalue weighted by atomic mass is 16.5. The number of amides is 1. The number of carbonyl (C=O) groups is 3. The number of aromatic nitrogens is 2. The quantitative estimate of drug-likeness (QED) is 0.597. The van der Waals surface area contributed by atoms with Crippen LogP contribution in [0.2, 0.25) is 0 Å². The number of esters is 1. The number of nitrogens with one attached hydrogen (secondary N) is 2. The highest BCUT2D eigenvalue weighted by Gasteiger charge is 2.21. The van der Waals surface area contributed by atoms with Crippen LogP contribution in [0.5, 0.6) is 0 Å². The zero-order valence-electron chi connectivity index (χ0n) is 10.5. The lowest BCUT2D eigenvalue weighted by atomic mass is 10.2. The summed E-state index contributed by atoms with van der Waals surface area (Å²) in [6.07, 6.45) is -0.256. The third-order valence-corrected chi connectivity index (χ3v) is 2.09. The van der Waals surface area contributed by atoms with Crippen LogP contribution >= 0.6 is 0 Å². The lowest BCUT2D eigenvalue weighted by Gasteiger charge is -2.04. The first-order chi connectivity index (χ1) is 8.45. The van der Waals surface area contributed by atoms with Gasteiger partial charge < -0.3 is 10.1 Å². The number of hydrogen-bond acceptors (Lipinski definition) is 5. The summed E-state index contributed by atoms with van der Waals surface area (Å²) in [5.41, 5.74) is 0.667. The molecule has 0 spiro atoms. The Bertz CT molecular complexity index is 479. The fourth-order valence-electron chi connectivity index (χ4n) is 1.38. The molecule has 2 N–H and O–H groups in total. The highest BCUT2D eigenvalue weighted by Crippen LogP contribution is 2.17. The van der Waals surface area contributed by atoms with Crippen LogP contribution in [0.15, 0.2) is 0 Å². The average molecular weight is 253 g/mol. The molecule has 0 atom stereocenters. The van der Waals surface area contributed by atoms with Gasteiger partial charge >= 0.3 is 5.97 Å². The van der Waals surface area contributed by atoms with Gasteiger partial charge in [0.2, 0.25) is 5.91 Å². The van der Waals surface area contributed by atoms with Crippen molar-refractivity contribution in [1.29, 1.82) is 0 Å². The van der Waals surface area contributed by atoms with Gasteiger partial charge in [-0.15, -0.1) is 0 Å². The second-order valence-electron chi connectivity index (χ2n) is 3.72. The van der Waals surface area contributed by atoms with Gasteiger partial charge in [0.15, 0.2) is 5.82 Å². The molecule has 1 rings (SSSR count). The Morgan fingerprint density at radius 2 is 2.06 bits per heavy atom. The van der Waals surface area contributed by atoms with Crippen molar-refractivity contribution in [2.45, 2.75) is 27.2 Å². The Hall–Kier alpha value is -2.18. The number of hydrogen-bond donors (Lipinski definition) is 2. The standard InChI is InChI=1S/C11H15N3O4/c1-4-18-11(17)9-7(3)13-14-10(9)12-8(16)5-6(2)15/h4-5H2,1-3H3,(H2,12,13,14,16). The first kappa shape index (κ1) is 13.9. The second kappa shape index (κ2) is 5.95. The van der Waals surface area contributed by atoms with Gasteiger partial charge in [0.05, 0.1) is 13.0 Å². The molecule has 7 heteroatoms. The molecule has 0 unspecified atom stereocenters. The third-order valence-electron chi connectivity index (χ3n) is 2.09. The van der Waals surface area contributed by atoms with E-state index in [0.717, 1.165) is 0 Å². The van der Waals surface area contributed by atoms with Crippen molar-refractivity contribution in [2.24, 2.45) is 0 Å². The second-order valence-corrected chi connectivity index (χ2v) is 3.72. The molecule has 0 fully saturated rings. The van der Waals surface area contributed by atoms with E-state index < -0.39 is 11.9 Å². The van der Waals surface area contributed by atoms with Crippen LogP contribution in [0.4, 0.5) is 5.82 Å². The third kappa shape index (κ3) is 3.41. The molecule has 98 valence electrons. The van der Waals surface area contributed by atoms with Gasteiger partial charge in [-0.2, -0.15) is 5.10 Å². The van der Waals surface area contributed by atoms with Crippen molar-refractivity contribution in [3.8, 4) is 0 Å². The smallest absolute Gasteiger partial charge is 0.343 e. The van der Waals surface area contributed by atoms with Crippen molar-refractivity contribution >= 4 is 23.5 Å². The number of aromatic amines is 1. The molecule has 0 saturated heterocycles. The molecule has 0 bridgehead atoms. The summed E-state index contributed by atoms with van der Waals surface area (Å²) in [5.74, 6) is -1.27. The number of rotatable bonds is 5. The molecule has 1 aromatic heterocycles. The van der Waals surface area contributed by atoms with Gasteiger partial charge in [-0.05, 0) is 20.8 Å². The maximum absolute atomic E-state index is 11.7. The van der Waals surface area contributed by atoms with Gasteiger partial charge in [-0.25, -0.2) is 4.79 Å². The van der Waals surface area contributed by atoms with Crippen molar-refractivity contribution in [2.75, 3.05) is 11.9 Å². The molecule has 0 aromatic carbocycles. The summed E-state index contributed by atoms with van der Waals surface area (Å²) in [7, 11) is 0. The molecular weight excluding hydrogens is 238 g/mol. The minimum absolute atomic E-state index is 0.0807. The molecular formula is C11H15N3O4. The predicted molar refractivity (Wildman–Crippen MR) is 63.2 cm³/mol. The number of carbonyl (C=O) groups excluding carboxylic acids is 3. The zero-order valence-corrected chi connectivity index (χ0v) is 10.5. The first-order valence-corrected chi connectivity index (χ1v) is 5.47. The van der Waals surface area contributed by atoms with E-state index >= 15 is 0 Å². The number of aryl methyl sites for hydroxylation is 1. The molecule has 1 amide bonds. The van der Waals surface area contributed by atoms with E-state index in [1.165, 1.54) is 6.92 Å². The van der Waals surface area contributed by atoms with E-state index in [1.807, 2.05) is 0 Å². The van der Waals surface area contributed by atoms with Crippen LogP contribution in [-0.4, -0.2) is 34.5 Å². The molecule has 18 heavy (non-hydrogen) atoms. The summed E-state index contributed by atoms with van der Waals surface area (Å²) >= 11 is 0. The normalized spacial score (nSPS) is 9.94. The molecule has 7 nitrogen and oxygen atoms in total. The molecule has 1 aromatic rings. The number of Topliss-reactive ketones (excluding diaryl/α,β-unsaturated/α-hetero) is 1. The molecule has 0 aliphatic heterocycles. The fourth-order valence-corrected chi connectivity index (χ4v) is 1.38. The van der Waals surface area contributed by atoms with Crippen LogP contribution in [0.1, 0.15) is 36.3 Å². The Morgan fingerprint density at radius 3 is 2.61 bits per heavy atom. The van der Waals surface area contributed by atoms with Crippen LogP contribution in [0, 0.1) is 6.92 Å². The van der Waals surface area contributed by atoms with Crippen molar-refractivity contribution in [3.63, 3.8) is 0 Å². The summed E-state index contributed by atoms with van der Waals surface area (Å²) in [5, 5.41) is 8.78. The van der Waals surface area contributed by atoms with Crippen LogP contribution < -0.4 is 5.32 Å². The molecule has 0 aliphatic carbocycles. The Morgan fingerprint density at radius 1 is 1.39 bits per heavy atom. The lowest BCUT2D eigenvalue weighted by Crippen LogP contribution is -2.17. The Labute approximate surface area is 104 Å². The van der Waals surface area contributed by atoms with Crippen LogP contribution in [0.25, 0.3) is 0 Å². The SMILES string of the molecule is CCOC(=O)c1c(NC(=O)CC(C)=O)n[nH]c1C. The molecule has 0 radical (unpaired) electrons. The average Bonchev–Trinajstić information content (AvgIpc) is 2.58. The van der Waals surface area contributed by atoms with Crippen molar-refractivity contribution in [1.82, 2.24) is 10.2 Å². The summed E-state index contributed by atoms with van der Waals surface area (Å²) in [6, 6.07) is 0. The fraction of sp³-hybridized carbons (Fsp3) is 0.455. The van der Waals surface area contributed by atoms with Gasteiger partial charge in [0.25, 0.3) is 0 Å².